The molecule has 0 unspecified atom stereocenters. The first-order valence-electron chi connectivity index (χ1n) is 6.88. The summed E-state index contributed by atoms with van der Waals surface area (Å²) >= 11 is 0. The molecular formula is C16H13F2N3. The average molecular weight is 285 g/mol. The lowest BCUT2D eigenvalue weighted by Crippen LogP contribution is -2.32. The van der Waals surface area contributed by atoms with E-state index in [4.69, 9.17) is 0 Å². The number of halogens is 2. The van der Waals surface area contributed by atoms with Gasteiger partial charge in [0.1, 0.15) is 11.6 Å². The summed E-state index contributed by atoms with van der Waals surface area (Å²) in [6.45, 7) is 0.950. The fourth-order valence-electron chi connectivity index (χ4n) is 2.86. The summed E-state index contributed by atoms with van der Waals surface area (Å²) in [5.41, 5.74) is 2.74. The Morgan fingerprint density at radius 1 is 1.00 bits per heavy atom. The Morgan fingerprint density at radius 2 is 1.76 bits per heavy atom. The maximum atomic E-state index is 13.9. The summed E-state index contributed by atoms with van der Waals surface area (Å²) in [6, 6.07) is 10.1. The summed E-state index contributed by atoms with van der Waals surface area (Å²) in [5, 5.41) is 0. The van der Waals surface area contributed by atoms with Crippen LogP contribution in [0.3, 0.4) is 0 Å². The summed E-state index contributed by atoms with van der Waals surface area (Å²) in [5.74, 6) is 0.0216. The molecule has 1 aliphatic heterocycles. The van der Waals surface area contributed by atoms with Gasteiger partial charge in [-0.05, 0) is 36.2 Å². The molecule has 0 saturated carbocycles. The molecule has 0 atom stereocenters. The van der Waals surface area contributed by atoms with Crippen molar-refractivity contribution in [1.29, 1.82) is 0 Å². The van der Waals surface area contributed by atoms with Crippen LogP contribution in [0.4, 0.5) is 14.7 Å². The van der Waals surface area contributed by atoms with Crippen LogP contribution in [0.1, 0.15) is 11.1 Å². The number of hydrogen-bond acceptors (Lipinski definition) is 2. The van der Waals surface area contributed by atoms with E-state index in [1.54, 1.807) is 0 Å². The first-order valence-corrected chi connectivity index (χ1v) is 6.88. The number of aromatic amines is 1. The Bertz CT molecular complexity index is 793. The number of hydrogen-bond donors (Lipinski definition) is 1. The number of benzene rings is 2. The molecule has 0 fully saturated rings. The standard InChI is InChI=1S/C16H13F2N3/c17-12-5-6-13(18)11-9-21(8-7-10(11)12)16-19-14-3-1-2-4-15(14)20-16/h1-6H,7-9H2,(H,19,20). The van der Waals surface area contributed by atoms with Crippen LogP contribution in [0.2, 0.25) is 0 Å². The van der Waals surface area contributed by atoms with Crippen molar-refractivity contribution in [3.05, 3.63) is 59.2 Å². The molecule has 0 spiro atoms. The second kappa shape index (κ2) is 4.55. The molecule has 21 heavy (non-hydrogen) atoms. The molecule has 0 amide bonds. The molecule has 1 aromatic heterocycles. The summed E-state index contributed by atoms with van der Waals surface area (Å²) in [7, 11) is 0. The topological polar surface area (TPSA) is 31.9 Å². The molecule has 1 N–H and O–H groups in total. The quantitative estimate of drug-likeness (QED) is 0.743. The van der Waals surface area contributed by atoms with E-state index in [0.717, 1.165) is 11.0 Å². The normalized spacial score (nSPS) is 14.5. The van der Waals surface area contributed by atoms with Crippen LogP contribution < -0.4 is 4.90 Å². The molecule has 0 radical (unpaired) electrons. The van der Waals surface area contributed by atoms with E-state index >= 15 is 0 Å². The smallest absolute Gasteiger partial charge is 0.204 e. The van der Waals surface area contributed by atoms with Crippen molar-refractivity contribution < 1.29 is 8.78 Å². The predicted octanol–water partition coefficient (Wildman–Crippen LogP) is 3.40. The van der Waals surface area contributed by atoms with Gasteiger partial charge in [-0.15, -0.1) is 0 Å². The van der Waals surface area contributed by atoms with Gasteiger partial charge in [-0.25, -0.2) is 13.8 Å². The molecule has 4 rings (SSSR count). The first-order chi connectivity index (χ1) is 10.2. The Kier molecular flexibility index (Phi) is 2.67. The van der Waals surface area contributed by atoms with E-state index < -0.39 is 0 Å². The highest BCUT2D eigenvalue weighted by molar-refractivity contribution is 5.77. The van der Waals surface area contributed by atoms with E-state index in [0.29, 0.717) is 36.6 Å². The second-order valence-corrected chi connectivity index (χ2v) is 5.24. The fourth-order valence-corrected chi connectivity index (χ4v) is 2.86. The van der Waals surface area contributed by atoms with Gasteiger partial charge < -0.3 is 9.88 Å². The lowest BCUT2D eigenvalue weighted by atomic mass is 9.99. The van der Waals surface area contributed by atoms with E-state index in [1.165, 1.54) is 12.1 Å². The van der Waals surface area contributed by atoms with E-state index in [2.05, 4.69) is 9.97 Å². The summed E-state index contributed by atoms with van der Waals surface area (Å²) in [6.07, 6.45) is 0.482. The lowest BCUT2D eigenvalue weighted by molar-refractivity contribution is 0.547. The van der Waals surface area contributed by atoms with Gasteiger partial charge in [0.15, 0.2) is 0 Å². The fraction of sp³-hybridized carbons (Fsp3) is 0.188. The SMILES string of the molecule is Fc1ccc(F)c2c1CCN(c1nc3ccccc3[nH]1)C2. The molecule has 5 heteroatoms. The number of rotatable bonds is 1. The molecule has 0 aliphatic carbocycles. The first kappa shape index (κ1) is 12.3. The highest BCUT2D eigenvalue weighted by atomic mass is 19.1. The lowest BCUT2D eigenvalue weighted by Gasteiger charge is -2.28. The molecule has 3 nitrogen and oxygen atoms in total. The predicted molar refractivity (Wildman–Crippen MR) is 77.2 cm³/mol. The molecule has 1 aliphatic rings. The highest BCUT2D eigenvalue weighted by Gasteiger charge is 2.24. The number of nitrogens with one attached hydrogen (secondary N) is 1. The zero-order chi connectivity index (χ0) is 14.4. The van der Waals surface area contributed by atoms with Crippen LogP contribution in [0.15, 0.2) is 36.4 Å². The summed E-state index contributed by atoms with van der Waals surface area (Å²) < 4.78 is 27.7. The van der Waals surface area contributed by atoms with Gasteiger partial charge in [-0.2, -0.15) is 0 Å². The van der Waals surface area contributed by atoms with Crippen LogP contribution in [-0.4, -0.2) is 16.5 Å². The third-order valence-electron chi connectivity index (χ3n) is 3.97. The molecule has 2 aromatic carbocycles. The third kappa shape index (κ3) is 1.96. The van der Waals surface area contributed by atoms with Crippen LogP contribution >= 0.6 is 0 Å². The van der Waals surface area contributed by atoms with Gasteiger partial charge in [0.05, 0.1) is 11.0 Å². The Morgan fingerprint density at radius 3 is 2.57 bits per heavy atom. The highest BCUT2D eigenvalue weighted by Crippen LogP contribution is 2.27. The monoisotopic (exact) mass is 285 g/mol. The van der Waals surface area contributed by atoms with Gasteiger partial charge in [0, 0.05) is 18.7 Å². The number of para-hydroxylation sites is 2. The van der Waals surface area contributed by atoms with E-state index in [9.17, 15) is 8.78 Å². The molecule has 2 heterocycles. The Labute approximate surface area is 120 Å². The van der Waals surface area contributed by atoms with Crippen molar-refractivity contribution in [1.82, 2.24) is 9.97 Å². The van der Waals surface area contributed by atoms with E-state index in [-0.39, 0.29) is 11.6 Å². The van der Waals surface area contributed by atoms with Gasteiger partial charge in [-0.3, -0.25) is 0 Å². The van der Waals surface area contributed by atoms with Crippen molar-refractivity contribution in [2.75, 3.05) is 11.4 Å². The van der Waals surface area contributed by atoms with Gasteiger partial charge >= 0.3 is 0 Å². The zero-order valence-corrected chi connectivity index (χ0v) is 11.2. The Hall–Kier alpha value is -2.43. The number of fused-ring (bicyclic) bond motifs is 2. The molecule has 0 bridgehead atoms. The molecule has 0 saturated heterocycles. The minimum absolute atomic E-state index is 0.323. The summed E-state index contributed by atoms with van der Waals surface area (Å²) in [4.78, 5) is 9.69. The number of aromatic nitrogens is 2. The zero-order valence-electron chi connectivity index (χ0n) is 11.2. The van der Waals surface area contributed by atoms with Gasteiger partial charge in [0.2, 0.25) is 5.95 Å². The third-order valence-corrected chi connectivity index (χ3v) is 3.97. The largest absolute Gasteiger partial charge is 0.338 e. The van der Waals surface area contributed by atoms with Crippen molar-refractivity contribution in [2.45, 2.75) is 13.0 Å². The van der Waals surface area contributed by atoms with Crippen molar-refractivity contribution in [3.63, 3.8) is 0 Å². The van der Waals surface area contributed by atoms with Crippen molar-refractivity contribution in [3.8, 4) is 0 Å². The average Bonchev–Trinajstić information content (AvgIpc) is 2.95. The maximum absolute atomic E-state index is 13.9. The van der Waals surface area contributed by atoms with Crippen molar-refractivity contribution in [2.24, 2.45) is 0 Å². The minimum Gasteiger partial charge on any atom is -0.338 e. The Balaban J connectivity index is 1.73. The van der Waals surface area contributed by atoms with Gasteiger partial charge in [0.25, 0.3) is 0 Å². The maximum Gasteiger partial charge on any atom is 0.204 e. The molecule has 106 valence electrons. The second-order valence-electron chi connectivity index (χ2n) is 5.24. The van der Waals surface area contributed by atoms with E-state index in [1.807, 2.05) is 29.2 Å². The van der Waals surface area contributed by atoms with Crippen LogP contribution in [0.25, 0.3) is 11.0 Å². The van der Waals surface area contributed by atoms with Crippen LogP contribution in [0, 0.1) is 11.6 Å². The number of H-pyrrole nitrogens is 1. The van der Waals surface area contributed by atoms with Gasteiger partial charge in [-0.1, -0.05) is 12.1 Å². The van der Waals surface area contributed by atoms with Crippen LogP contribution in [0.5, 0.6) is 0 Å². The molecule has 3 aromatic rings. The number of anilines is 1. The molecular weight excluding hydrogens is 272 g/mol. The van der Waals surface area contributed by atoms with Crippen LogP contribution in [-0.2, 0) is 13.0 Å². The number of imidazole rings is 1. The number of nitrogens with zero attached hydrogens (tertiary/aromatic N) is 2. The minimum atomic E-state index is -0.354. The van der Waals surface area contributed by atoms with Crippen molar-refractivity contribution >= 4 is 17.0 Å².